The third-order valence-corrected chi connectivity index (χ3v) is 8.61. The van der Waals surface area contributed by atoms with Gasteiger partial charge in [-0.25, -0.2) is 13.2 Å². The summed E-state index contributed by atoms with van der Waals surface area (Å²) in [6.07, 6.45) is 6.72. The molecule has 0 radical (unpaired) electrons. The number of likely N-dealkylation sites (tertiary alicyclic amines) is 1. The summed E-state index contributed by atoms with van der Waals surface area (Å²) in [7, 11) is -3.65. The summed E-state index contributed by atoms with van der Waals surface area (Å²) in [5.74, 6) is 0. The van der Waals surface area contributed by atoms with E-state index >= 15 is 0 Å². The van der Waals surface area contributed by atoms with Crippen LogP contribution < -0.4 is 10.6 Å². The first-order chi connectivity index (χ1) is 17.0. The van der Waals surface area contributed by atoms with E-state index in [0.29, 0.717) is 31.4 Å². The van der Waals surface area contributed by atoms with Gasteiger partial charge in [0.05, 0.1) is 18.1 Å². The van der Waals surface area contributed by atoms with E-state index in [2.05, 4.69) is 27.1 Å². The van der Waals surface area contributed by atoms with Crippen molar-refractivity contribution in [1.82, 2.24) is 20.1 Å². The molecule has 1 atom stereocenters. The van der Waals surface area contributed by atoms with Crippen molar-refractivity contribution in [1.29, 1.82) is 0 Å². The Labute approximate surface area is 207 Å². The Morgan fingerprint density at radius 3 is 2.49 bits per heavy atom. The number of nitrogens with one attached hydrogen (secondary N) is 2. The summed E-state index contributed by atoms with van der Waals surface area (Å²) in [6, 6.07) is 10.0. The lowest BCUT2D eigenvalue weighted by Crippen LogP contribution is -2.51. The van der Waals surface area contributed by atoms with Crippen LogP contribution in [0.5, 0.6) is 0 Å². The number of amides is 2. The second-order valence-electron chi connectivity index (χ2n) is 8.78. The predicted octanol–water partition coefficient (Wildman–Crippen LogP) is 2.49. The molecule has 2 N–H and O–H groups in total. The third kappa shape index (κ3) is 6.46. The number of anilines is 1. The van der Waals surface area contributed by atoms with E-state index in [9.17, 15) is 13.2 Å². The highest BCUT2D eigenvalue weighted by Crippen LogP contribution is 2.26. The first-order valence-electron chi connectivity index (χ1n) is 11.9. The van der Waals surface area contributed by atoms with Crippen molar-refractivity contribution in [2.24, 2.45) is 0 Å². The van der Waals surface area contributed by atoms with E-state index in [-0.39, 0.29) is 10.9 Å². The lowest BCUT2D eigenvalue weighted by atomic mass is 10.0. The molecule has 4 rings (SSSR count). The van der Waals surface area contributed by atoms with Crippen LogP contribution in [0.25, 0.3) is 0 Å². The average Bonchev–Trinajstić information content (AvgIpc) is 2.90. The number of benzene rings is 1. The molecular formula is C25H33N5O4S. The van der Waals surface area contributed by atoms with Gasteiger partial charge in [-0.15, -0.1) is 6.58 Å². The fourth-order valence-electron chi connectivity index (χ4n) is 4.65. The number of rotatable bonds is 8. The van der Waals surface area contributed by atoms with Crippen molar-refractivity contribution in [3.05, 3.63) is 67.0 Å². The molecule has 9 nitrogen and oxygen atoms in total. The molecule has 35 heavy (non-hydrogen) atoms. The van der Waals surface area contributed by atoms with Crippen LogP contribution >= 0.6 is 0 Å². The van der Waals surface area contributed by atoms with Crippen molar-refractivity contribution < 1.29 is 17.9 Å². The molecule has 10 heteroatoms. The van der Waals surface area contributed by atoms with Gasteiger partial charge in [-0.1, -0.05) is 12.1 Å². The van der Waals surface area contributed by atoms with Gasteiger partial charge in [0.1, 0.15) is 5.37 Å². The van der Waals surface area contributed by atoms with Crippen LogP contribution in [-0.2, 0) is 21.1 Å². The topological polar surface area (TPSA) is 104 Å². The van der Waals surface area contributed by atoms with Crippen LogP contribution in [0.15, 0.2) is 66.3 Å². The molecule has 2 fully saturated rings. The molecule has 2 aliphatic rings. The van der Waals surface area contributed by atoms with Gasteiger partial charge in [0.15, 0.2) is 9.84 Å². The molecular weight excluding hydrogens is 466 g/mol. The normalized spacial score (nSPS) is 19.1. The molecule has 1 aromatic carbocycles. The molecule has 0 spiro atoms. The summed E-state index contributed by atoms with van der Waals surface area (Å²) < 4.78 is 32.2. The van der Waals surface area contributed by atoms with Gasteiger partial charge in [-0.2, -0.15) is 0 Å². The Bertz CT molecular complexity index is 1080. The summed E-state index contributed by atoms with van der Waals surface area (Å²) in [6.45, 7) is 8.98. The van der Waals surface area contributed by atoms with Gasteiger partial charge in [-0.3, -0.25) is 14.8 Å². The maximum absolute atomic E-state index is 13.4. The van der Waals surface area contributed by atoms with Crippen molar-refractivity contribution in [2.75, 3.05) is 44.7 Å². The Balaban J connectivity index is 1.33. The second-order valence-corrected chi connectivity index (χ2v) is 10.8. The summed E-state index contributed by atoms with van der Waals surface area (Å²) in [5, 5.41) is 4.69. The zero-order chi connectivity index (χ0) is 24.7. The number of piperidine rings is 1. The van der Waals surface area contributed by atoms with Crippen LogP contribution in [0, 0.1) is 0 Å². The lowest BCUT2D eigenvalue weighted by molar-refractivity contribution is 0.000826. The summed E-state index contributed by atoms with van der Waals surface area (Å²) >= 11 is 0. The number of carbonyl (C=O) groups excluding carboxylic acids is 1. The van der Waals surface area contributed by atoms with E-state index in [0.717, 1.165) is 44.7 Å². The number of pyridine rings is 1. The smallest absolute Gasteiger partial charge is 0.319 e. The fraction of sp³-hybridized carbons (Fsp3) is 0.440. The average molecular weight is 500 g/mol. The number of hydrogen-bond acceptors (Lipinski definition) is 7. The second kappa shape index (κ2) is 11.8. The third-order valence-electron chi connectivity index (χ3n) is 6.56. The molecule has 1 unspecified atom stereocenters. The summed E-state index contributed by atoms with van der Waals surface area (Å²) in [4.78, 5) is 20.9. The number of carbonyl (C=O) groups is 1. The maximum atomic E-state index is 13.4. The number of hydrogen-bond donors (Lipinski definition) is 2. The van der Waals surface area contributed by atoms with Crippen molar-refractivity contribution in [3.63, 3.8) is 0 Å². The zero-order valence-electron chi connectivity index (χ0n) is 19.8. The Morgan fingerprint density at radius 1 is 1.14 bits per heavy atom. The number of nitrogens with zero attached hydrogens (tertiary/aromatic N) is 3. The first-order valence-corrected chi connectivity index (χ1v) is 13.5. The van der Waals surface area contributed by atoms with Gasteiger partial charge >= 0.3 is 6.03 Å². The zero-order valence-corrected chi connectivity index (χ0v) is 20.6. The maximum Gasteiger partial charge on any atom is 0.319 e. The highest BCUT2D eigenvalue weighted by atomic mass is 32.2. The van der Waals surface area contributed by atoms with Gasteiger partial charge in [-0.05, 0) is 48.7 Å². The van der Waals surface area contributed by atoms with Crippen LogP contribution in [0.3, 0.4) is 0 Å². The number of urea groups is 1. The van der Waals surface area contributed by atoms with Gasteiger partial charge in [0.25, 0.3) is 0 Å². The van der Waals surface area contributed by atoms with Crippen LogP contribution in [0.2, 0.25) is 0 Å². The molecule has 0 bridgehead atoms. The van der Waals surface area contributed by atoms with E-state index < -0.39 is 15.2 Å². The Hall–Kier alpha value is -2.79. The van der Waals surface area contributed by atoms with Crippen molar-refractivity contribution in [2.45, 2.75) is 35.7 Å². The molecule has 2 amide bonds. The van der Waals surface area contributed by atoms with E-state index in [1.54, 1.807) is 30.6 Å². The number of ether oxygens (including phenoxy) is 1. The lowest BCUT2D eigenvalue weighted by Gasteiger charge is -2.41. The number of morpholine rings is 1. The molecule has 2 saturated heterocycles. The molecule has 3 heterocycles. The van der Waals surface area contributed by atoms with E-state index in [1.807, 2.05) is 11.0 Å². The minimum absolute atomic E-state index is 0.207. The highest BCUT2D eigenvalue weighted by Gasteiger charge is 2.34. The highest BCUT2D eigenvalue weighted by molar-refractivity contribution is 7.92. The van der Waals surface area contributed by atoms with Gasteiger partial charge in [0, 0.05) is 56.8 Å². The van der Waals surface area contributed by atoms with E-state index in [1.165, 1.54) is 18.2 Å². The van der Waals surface area contributed by atoms with Gasteiger partial charge in [0.2, 0.25) is 0 Å². The largest absolute Gasteiger partial charge is 0.379 e. The molecule has 2 aromatic rings. The monoisotopic (exact) mass is 499 g/mol. The minimum atomic E-state index is -3.65. The molecule has 2 aliphatic heterocycles. The summed E-state index contributed by atoms with van der Waals surface area (Å²) in [5.41, 5.74) is 1.39. The molecule has 0 saturated carbocycles. The van der Waals surface area contributed by atoms with Crippen LogP contribution in [0.4, 0.5) is 10.5 Å². The van der Waals surface area contributed by atoms with Gasteiger partial charge < -0.3 is 15.4 Å². The molecule has 188 valence electrons. The standard InChI is InChI=1S/C25H33N5O4S/c1-2-24(30-12-9-22(10-13-30)29-14-16-34-17-15-29)35(32,33)23-7-5-21(6-8-23)28-25(31)27-19-20-4-3-11-26-18-20/h2-8,11,18,22,24H,1,9-10,12-17,19H2,(H2,27,28,31). The minimum Gasteiger partial charge on any atom is -0.379 e. The number of aromatic nitrogens is 1. The Kier molecular flexibility index (Phi) is 8.50. The van der Waals surface area contributed by atoms with Crippen LogP contribution in [0.1, 0.15) is 18.4 Å². The predicted molar refractivity (Wildman–Crippen MR) is 135 cm³/mol. The molecule has 1 aromatic heterocycles. The van der Waals surface area contributed by atoms with Crippen molar-refractivity contribution in [3.8, 4) is 0 Å². The SMILES string of the molecule is C=CC(N1CCC(N2CCOCC2)CC1)S(=O)(=O)c1ccc(NC(=O)NCc2cccnc2)cc1. The van der Waals surface area contributed by atoms with E-state index in [4.69, 9.17) is 4.74 Å². The number of sulfone groups is 1. The van der Waals surface area contributed by atoms with Crippen LogP contribution in [-0.4, -0.2) is 80.0 Å². The fourth-order valence-corrected chi connectivity index (χ4v) is 6.30. The molecule has 0 aliphatic carbocycles. The quantitative estimate of drug-likeness (QED) is 0.538. The van der Waals surface area contributed by atoms with Crippen molar-refractivity contribution >= 4 is 21.6 Å². The first kappa shape index (κ1) is 25.3. The Morgan fingerprint density at radius 2 is 1.86 bits per heavy atom.